The first-order valence-corrected chi connectivity index (χ1v) is 37.1. The molecule has 81 heavy (non-hydrogen) atoms. The van der Waals surface area contributed by atoms with Crippen LogP contribution in [0.1, 0.15) is 418 Å². The Balaban J connectivity index is 3.27. The Morgan fingerprint density at radius 1 is 0.333 bits per heavy atom. The summed E-state index contributed by atoms with van der Waals surface area (Å²) in [7, 11) is 0. The van der Waals surface area contributed by atoms with Crippen molar-refractivity contribution in [1.82, 2.24) is 5.32 Å². The maximum Gasteiger partial charge on any atom is 0.305 e. The van der Waals surface area contributed by atoms with Crippen molar-refractivity contribution in [2.45, 2.75) is 431 Å². The summed E-state index contributed by atoms with van der Waals surface area (Å²) in [6.45, 7) is 4.91. The Hall–Kier alpha value is -1.66. The summed E-state index contributed by atoms with van der Waals surface area (Å²) in [5, 5.41) is 23.0. The second-order valence-corrected chi connectivity index (χ2v) is 25.6. The third kappa shape index (κ3) is 67.3. The number of unbranched alkanes of at least 4 members (excludes halogenated alkanes) is 57. The smallest absolute Gasteiger partial charge is 0.305 e. The number of esters is 1. The van der Waals surface area contributed by atoms with E-state index < -0.39 is 12.1 Å². The minimum atomic E-state index is -0.838. The zero-order chi connectivity index (χ0) is 58.5. The first-order chi connectivity index (χ1) is 40.0. The van der Waals surface area contributed by atoms with Crippen LogP contribution in [0, 0.1) is 0 Å². The molecular weight excluding hydrogens is 995 g/mol. The summed E-state index contributed by atoms with van der Waals surface area (Å²) in [4.78, 5) is 24.5. The van der Waals surface area contributed by atoms with Gasteiger partial charge in [0.05, 0.1) is 25.4 Å². The molecule has 0 aliphatic rings. The van der Waals surface area contributed by atoms with Gasteiger partial charge in [-0.3, -0.25) is 9.59 Å². The Kier molecular flexibility index (Phi) is 69.4. The maximum atomic E-state index is 12.4. The summed E-state index contributed by atoms with van der Waals surface area (Å²) in [6.07, 6.45) is 90.2. The van der Waals surface area contributed by atoms with Gasteiger partial charge in [-0.05, 0) is 57.8 Å². The molecule has 0 heterocycles. The van der Waals surface area contributed by atoms with Crippen LogP contribution in [0.4, 0.5) is 0 Å². The average Bonchev–Trinajstić information content (AvgIpc) is 3.47. The van der Waals surface area contributed by atoms with E-state index in [1.807, 2.05) is 6.08 Å². The van der Waals surface area contributed by atoms with Crippen molar-refractivity contribution >= 4 is 11.9 Å². The minimum Gasteiger partial charge on any atom is -0.466 e. The normalized spacial score (nSPS) is 12.6. The van der Waals surface area contributed by atoms with E-state index in [1.165, 1.54) is 353 Å². The molecule has 0 spiro atoms. The largest absolute Gasteiger partial charge is 0.466 e. The van der Waals surface area contributed by atoms with Gasteiger partial charge in [-0.15, -0.1) is 0 Å². The molecule has 2 unspecified atom stereocenters. The average molecular weight is 1140 g/mol. The van der Waals surface area contributed by atoms with Crippen molar-refractivity contribution in [3.8, 4) is 0 Å². The molecule has 0 fully saturated rings. The number of amides is 1. The quantitative estimate of drug-likeness (QED) is 0.0320. The zero-order valence-corrected chi connectivity index (χ0v) is 55.0. The number of allylic oxidation sites excluding steroid dienone is 3. The van der Waals surface area contributed by atoms with Crippen LogP contribution in [0.5, 0.6) is 0 Å². The standard InChI is InChI=1S/C75H145NO5/c1-3-5-7-9-11-13-15-16-17-39-43-46-49-53-57-61-65-69-75(80)81-70-66-62-58-54-50-47-44-41-38-36-34-32-30-28-26-24-22-20-18-19-21-23-25-27-29-31-33-35-37-40-42-45-48-52-56-60-64-68-74(79)76-72(71-77)73(78)67-63-59-55-51-14-12-10-8-6-4-2/h16-17,63,67,72-73,77-78H,3-15,18-62,64-66,68-71H2,1-2H3,(H,76,79)/b17-16-,67-63+. The van der Waals surface area contributed by atoms with Gasteiger partial charge < -0.3 is 20.3 Å². The molecule has 0 rings (SSSR count). The maximum absolute atomic E-state index is 12.4. The van der Waals surface area contributed by atoms with Crippen molar-refractivity contribution in [3.63, 3.8) is 0 Å². The Morgan fingerprint density at radius 2 is 0.580 bits per heavy atom. The highest BCUT2D eigenvalue weighted by Crippen LogP contribution is 2.19. The fraction of sp³-hybridized carbons (Fsp3) is 0.920. The lowest BCUT2D eigenvalue weighted by Gasteiger charge is -2.20. The number of nitrogens with one attached hydrogen (secondary N) is 1. The molecule has 0 saturated carbocycles. The van der Waals surface area contributed by atoms with Gasteiger partial charge in [-0.2, -0.15) is 0 Å². The summed E-state index contributed by atoms with van der Waals surface area (Å²) in [6, 6.07) is -0.621. The number of hydrogen-bond acceptors (Lipinski definition) is 5. The second kappa shape index (κ2) is 70.8. The van der Waals surface area contributed by atoms with Crippen LogP contribution < -0.4 is 5.32 Å². The van der Waals surface area contributed by atoms with E-state index in [1.54, 1.807) is 6.08 Å². The Morgan fingerprint density at radius 3 is 0.877 bits per heavy atom. The number of aliphatic hydroxyl groups excluding tert-OH is 2. The van der Waals surface area contributed by atoms with E-state index in [-0.39, 0.29) is 18.5 Å². The molecule has 2 atom stereocenters. The van der Waals surface area contributed by atoms with Crippen LogP contribution in [0.15, 0.2) is 24.3 Å². The molecule has 480 valence electrons. The van der Waals surface area contributed by atoms with Crippen LogP contribution in [0.3, 0.4) is 0 Å². The Bertz CT molecular complexity index is 1270. The van der Waals surface area contributed by atoms with E-state index in [4.69, 9.17) is 4.74 Å². The van der Waals surface area contributed by atoms with Gasteiger partial charge in [0.25, 0.3) is 0 Å². The van der Waals surface area contributed by atoms with Gasteiger partial charge in [0.1, 0.15) is 0 Å². The van der Waals surface area contributed by atoms with Gasteiger partial charge >= 0.3 is 5.97 Å². The molecular formula is C75H145NO5. The molecule has 6 nitrogen and oxygen atoms in total. The van der Waals surface area contributed by atoms with Crippen LogP contribution in [0.2, 0.25) is 0 Å². The summed E-state index contributed by atoms with van der Waals surface area (Å²) in [5.74, 6) is -0.0419. The lowest BCUT2D eigenvalue weighted by Crippen LogP contribution is -2.45. The van der Waals surface area contributed by atoms with E-state index in [0.717, 1.165) is 38.5 Å². The van der Waals surface area contributed by atoms with Crippen LogP contribution in [0.25, 0.3) is 0 Å². The van der Waals surface area contributed by atoms with Gasteiger partial charge in [0.2, 0.25) is 5.91 Å². The van der Waals surface area contributed by atoms with E-state index in [9.17, 15) is 19.8 Å². The number of aliphatic hydroxyl groups is 2. The van der Waals surface area contributed by atoms with Gasteiger partial charge in [-0.25, -0.2) is 0 Å². The lowest BCUT2D eigenvalue weighted by molar-refractivity contribution is -0.143. The zero-order valence-electron chi connectivity index (χ0n) is 55.0. The third-order valence-corrected chi connectivity index (χ3v) is 17.5. The Labute approximate surface area is 507 Å². The highest BCUT2D eigenvalue weighted by molar-refractivity contribution is 5.76. The van der Waals surface area contributed by atoms with E-state index in [2.05, 4.69) is 31.3 Å². The molecule has 0 aromatic carbocycles. The van der Waals surface area contributed by atoms with Gasteiger partial charge in [-0.1, -0.05) is 372 Å². The number of carbonyl (C=O) groups is 2. The number of rotatable bonds is 70. The molecule has 0 radical (unpaired) electrons. The molecule has 6 heteroatoms. The number of hydrogen-bond donors (Lipinski definition) is 3. The van der Waals surface area contributed by atoms with Crippen molar-refractivity contribution in [1.29, 1.82) is 0 Å². The fourth-order valence-electron chi connectivity index (χ4n) is 11.8. The monoisotopic (exact) mass is 1140 g/mol. The predicted octanol–water partition coefficient (Wildman–Crippen LogP) is 24.1. The van der Waals surface area contributed by atoms with E-state index >= 15 is 0 Å². The molecule has 0 aliphatic heterocycles. The summed E-state index contributed by atoms with van der Waals surface area (Å²) < 4.78 is 5.51. The van der Waals surface area contributed by atoms with Crippen LogP contribution in [-0.2, 0) is 14.3 Å². The predicted molar refractivity (Wildman–Crippen MR) is 356 cm³/mol. The van der Waals surface area contributed by atoms with Crippen molar-refractivity contribution in [2.75, 3.05) is 13.2 Å². The van der Waals surface area contributed by atoms with Gasteiger partial charge in [0.15, 0.2) is 0 Å². The summed E-state index contributed by atoms with van der Waals surface area (Å²) in [5.41, 5.74) is 0. The topological polar surface area (TPSA) is 95.9 Å². The molecule has 1 amide bonds. The van der Waals surface area contributed by atoms with Crippen molar-refractivity contribution in [2.24, 2.45) is 0 Å². The second-order valence-electron chi connectivity index (χ2n) is 25.6. The van der Waals surface area contributed by atoms with Crippen molar-refractivity contribution < 1.29 is 24.5 Å². The SMILES string of the molecule is CCCCCCCC/C=C\CCCCCCCCCC(=O)OCCCCCCCCCCCCCCCCCCCCCCCCCCCCCCCCCCCCCCCC(=O)NC(CO)C(O)/C=C/CCCCCCCCCC. The first kappa shape index (κ1) is 79.3. The molecule has 3 N–H and O–H groups in total. The molecule has 0 saturated heterocycles. The molecule has 0 aromatic rings. The molecule has 0 aromatic heterocycles. The highest BCUT2D eigenvalue weighted by Gasteiger charge is 2.18. The molecule has 0 aliphatic carbocycles. The van der Waals surface area contributed by atoms with E-state index in [0.29, 0.717) is 19.4 Å². The summed E-state index contributed by atoms with van der Waals surface area (Å²) >= 11 is 0. The first-order valence-electron chi connectivity index (χ1n) is 37.1. The van der Waals surface area contributed by atoms with Crippen molar-refractivity contribution in [3.05, 3.63) is 24.3 Å². The number of carbonyl (C=O) groups excluding carboxylic acids is 2. The fourth-order valence-corrected chi connectivity index (χ4v) is 11.8. The van der Waals surface area contributed by atoms with Gasteiger partial charge in [0, 0.05) is 12.8 Å². The van der Waals surface area contributed by atoms with Crippen LogP contribution >= 0.6 is 0 Å². The number of ether oxygens (including phenoxy) is 1. The minimum absolute atomic E-state index is 0.0204. The third-order valence-electron chi connectivity index (χ3n) is 17.5. The lowest BCUT2D eigenvalue weighted by atomic mass is 10.0. The molecule has 0 bridgehead atoms. The van der Waals surface area contributed by atoms with Crippen LogP contribution in [-0.4, -0.2) is 47.4 Å². The highest BCUT2D eigenvalue weighted by atomic mass is 16.5.